The fourth-order valence-electron chi connectivity index (χ4n) is 2.19. The Morgan fingerprint density at radius 2 is 2.21 bits per heavy atom. The second-order valence-corrected chi connectivity index (χ2v) is 8.09. The lowest BCUT2D eigenvalue weighted by Gasteiger charge is -2.14. The van der Waals surface area contributed by atoms with Crippen LogP contribution < -0.4 is 11.1 Å². The summed E-state index contributed by atoms with van der Waals surface area (Å²) in [5.74, 6) is 1.03. The third kappa shape index (κ3) is 3.60. The van der Waals surface area contributed by atoms with Crippen LogP contribution in [0.4, 0.5) is 10.8 Å². The van der Waals surface area contributed by atoms with Crippen molar-refractivity contribution in [2.24, 2.45) is 5.92 Å². The van der Waals surface area contributed by atoms with Gasteiger partial charge in [0.05, 0.1) is 5.75 Å². The van der Waals surface area contributed by atoms with Gasteiger partial charge < -0.3 is 11.1 Å². The Bertz CT molecular complexity index is 535. The van der Waals surface area contributed by atoms with Gasteiger partial charge >= 0.3 is 0 Å². The van der Waals surface area contributed by atoms with Crippen LogP contribution in [0, 0.1) is 5.92 Å². The molecule has 1 aromatic rings. The number of nitrogen functional groups attached to an aromatic ring is 1. The van der Waals surface area contributed by atoms with Crippen molar-refractivity contribution in [3.8, 4) is 0 Å². The average Bonchev–Trinajstić information content (AvgIpc) is 3.01. The van der Waals surface area contributed by atoms with Crippen LogP contribution >= 0.6 is 11.5 Å². The zero-order valence-corrected chi connectivity index (χ0v) is 13.0. The molecule has 108 valence electrons. The first-order valence-corrected chi connectivity index (χ1v) is 9.11. The Morgan fingerprint density at radius 3 is 2.79 bits per heavy atom. The third-order valence-corrected chi connectivity index (χ3v) is 6.12. The van der Waals surface area contributed by atoms with E-state index in [9.17, 15) is 8.42 Å². The van der Waals surface area contributed by atoms with Gasteiger partial charge in [0.25, 0.3) is 0 Å². The molecule has 5 nitrogen and oxygen atoms in total. The number of aromatic nitrogens is 1. The average molecular weight is 303 g/mol. The molecule has 0 spiro atoms. The molecule has 0 aliphatic heterocycles. The van der Waals surface area contributed by atoms with Crippen molar-refractivity contribution in [1.82, 2.24) is 4.37 Å². The van der Waals surface area contributed by atoms with Gasteiger partial charge in [-0.05, 0) is 37.2 Å². The molecule has 1 heterocycles. The molecule has 3 N–H and O–H groups in total. The molecule has 1 unspecified atom stereocenters. The van der Waals surface area contributed by atoms with Gasteiger partial charge in [0.1, 0.15) is 9.90 Å². The summed E-state index contributed by atoms with van der Waals surface area (Å²) in [5.41, 5.74) is 5.73. The van der Waals surface area contributed by atoms with E-state index in [1.807, 2.05) is 6.92 Å². The minimum Gasteiger partial charge on any atom is -0.382 e. The van der Waals surface area contributed by atoms with Crippen molar-refractivity contribution in [3.05, 3.63) is 0 Å². The molecular weight excluding hydrogens is 282 g/mol. The Kier molecular flexibility index (Phi) is 4.35. The predicted molar refractivity (Wildman–Crippen MR) is 79.3 cm³/mol. The van der Waals surface area contributed by atoms with Crippen LogP contribution in [0.3, 0.4) is 0 Å². The predicted octanol–water partition coefficient (Wildman–Crippen LogP) is 2.51. The highest BCUT2D eigenvalue weighted by Crippen LogP contribution is 2.37. The molecule has 0 amide bonds. The monoisotopic (exact) mass is 303 g/mol. The largest absolute Gasteiger partial charge is 0.382 e. The highest BCUT2D eigenvalue weighted by Gasteiger charge is 2.27. The summed E-state index contributed by atoms with van der Waals surface area (Å²) in [4.78, 5) is 0.196. The van der Waals surface area contributed by atoms with E-state index < -0.39 is 9.84 Å². The number of nitrogens with one attached hydrogen (secondary N) is 1. The third-order valence-electron chi connectivity index (χ3n) is 3.22. The zero-order valence-electron chi connectivity index (χ0n) is 11.3. The minimum absolute atomic E-state index is 0.112. The summed E-state index contributed by atoms with van der Waals surface area (Å²) >= 11 is 1.14. The van der Waals surface area contributed by atoms with E-state index in [4.69, 9.17) is 5.73 Å². The summed E-state index contributed by atoms with van der Waals surface area (Å²) in [6, 6.07) is 0.253. The zero-order chi connectivity index (χ0) is 14.0. The molecular formula is C12H21N3O2S2. The van der Waals surface area contributed by atoms with Gasteiger partial charge in [-0.1, -0.05) is 19.8 Å². The van der Waals surface area contributed by atoms with Gasteiger partial charge in [-0.25, -0.2) is 8.42 Å². The molecule has 1 aliphatic rings. The lowest BCUT2D eigenvalue weighted by molar-refractivity contribution is 0.595. The highest BCUT2D eigenvalue weighted by atomic mass is 32.2. The first-order valence-electron chi connectivity index (χ1n) is 6.68. The number of nitrogens with two attached hydrogens (primary N) is 1. The van der Waals surface area contributed by atoms with Crippen molar-refractivity contribution >= 4 is 32.2 Å². The van der Waals surface area contributed by atoms with Crippen molar-refractivity contribution in [3.63, 3.8) is 0 Å². The topological polar surface area (TPSA) is 85.1 Å². The van der Waals surface area contributed by atoms with Crippen molar-refractivity contribution < 1.29 is 8.42 Å². The van der Waals surface area contributed by atoms with Crippen LogP contribution in [0.2, 0.25) is 0 Å². The van der Waals surface area contributed by atoms with E-state index in [2.05, 4.69) is 16.6 Å². The molecule has 1 saturated carbocycles. The maximum atomic E-state index is 12.2. The Balaban J connectivity index is 2.16. The van der Waals surface area contributed by atoms with E-state index in [1.54, 1.807) is 0 Å². The lowest BCUT2D eigenvalue weighted by Crippen LogP contribution is -2.17. The molecule has 0 aromatic carbocycles. The molecule has 0 bridgehead atoms. The smallest absolute Gasteiger partial charge is 0.185 e. The molecule has 2 rings (SSSR count). The summed E-state index contributed by atoms with van der Waals surface area (Å²) in [6.07, 6.45) is 4.23. The number of hydrogen-bond donors (Lipinski definition) is 2. The fraction of sp³-hybridized carbons (Fsp3) is 0.750. The van der Waals surface area contributed by atoms with Crippen LogP contribution in [0.5, 0.6) is 0 Å². The summed E-state index contributed by atoms with van der Waals surface area (Å²) in [5, 5.41) is 3.86. The first-order chi connectivity index (χ1) is 8.94. The normalized spacial score (nSPS) is 17.4. The van der Waals surface area contributed by atoms with Gasteiger partial charge in [0.2, 0.25) is 0 Å². The maximum absolute atomic E-state index is 12.2. The van der Waals surface area contributed by atoms with Crippen LogP contribution in [-0.4, -0.2) is 24.6 Å². The standard InChI is InChI=1S/C12H21N3O2S2/c1-3-6-19(16,17)10-11(13)15-18-12(10)14-8(2)7-9-4-5-9/h8-9,14H,3-7H2,1-2H3,(H2,13,15). The lowest BCUT2D eigenvalue weighted by atomic mass is 10.2. The van der Waals surface area contributed by atoms with Crippen molar-refractivity contribution in [2.45, 2.75) is 50.5 Å². The quantitative estimate of drug-likeness (QED) is 0.808. The van der Waals surface area contributed by atoms with Crippen molar-refractivity contribution in [1.29, 1.82) is 0 Å². The van der Waals surface area contributed by atoms with Gasteiger partial charge in [0.15, 0.2) is 15.7 Å². The van der Waals surface area contributed by atoms with E-state index >= 15 is 0 Å². The second kappa shape index (κ2) is 5.66. The van der Waals surface area contributed by atoms with Gasteiger partial charge in [-0.15, -0.1) is 0 Å². The Hall–Kier alpha value is -0.820. The Morgan fingerprint density at radius 1 is 1.53 bits per heavy atom. The van der Waals surface area contributed by atoms with E-state index in [0.29, 0.717) is 11.4 Å². The summed E-state index contributed by atoms with van der Waals surface area (Å²) < 4.78 is 28.4. The number of nitrogens with zero attached hydrogens (tertiary/aromatic N) is 1. The van der Waals surface area contributed by atoms with Crippen LogP contribution in [0.25, 0.3) is 0 Å². The molecule has 7 heteroatoms. The van der Waals surface area contributed by atoms with Gasteiger partial charge in [-0.3, -0.25) is 0 Å². The van der Waals surface area contributed by atoms with Gasteiger partial charge in [-0.2, -0.15) is 4.37 Å². The number of anilines is 2. The Labute approximate surface area is 118 Å². The number of sulfone groups is 1. The molecule has 0 radical (unpaired) electrons. The molecule has 1 aromatic heterocycles. The number of hydrogen-bond acceptors (Lipinski definition) is 6. The highest BCUT2D eigenvalue weighted by molar-refractivity contribution is 7.91. The van der Waals surface area contributed by atoms with E-state index in [-0.39, 0.29) is 22.5 Å². The fourth-order valence-corrected chi connectivity index (χ4v) is 4.91. The second-order valence-electron chi connectivity index (χ2n) is 5.27. The summed E-state index contributed by atoms with van der Waals surface area (Å²) in [6.45, 7) is 3.92. The molecule has 19 heavy (non-hydrogen) atoms. The molecule has 1 aliphatic carbocycles. The van der Waals surface area contributed by atoms with Crippen LogP contribution in [0.15, 0.2) is 4.90 Å². The first kappa shape index (κ1) is 14.6. The van der Waals surface area contributed by atoms with Crippen molar-refractivity contribution in [2.75, 3.05) is 16.8 Å². The van der Waals surface area contributed by atoms with E-state index in [0.717, 1.165) is 23.9 Å². The van der Waals surface area contributed by atoms with Crippen LogP contribution in [0.1, 0.15) is 39.5 Å². The maximum Gasteiger partial charge on any atom is 0.185 e. The number of rotatable bonds is 7. The SMILES string of the molecule is CCCS(=O)(=O)c1c(N)nsc1NC(C)CC1CC1. The molecule has 1 atom stereocenters. The summed E-state index contributed by atoms with van der Waals surface area (Å²) in [7, 11) is -3.33. The van der Waals surface area contributed by atoms with Crippen LogP contribution in [-0.2, 0) is 9.84 Å². The minimum atomic E-state index is -3.33. The van der Waals surface area contributed by atoms with E-state index in [1.165, 1.54) is 12.8 Å². The molecule has 1 fully saturated rings. The van der Waals surface area contributed by atoms with Gasteiger partial charge in [0, 0.05) is 6.04 Å². The molecule has 0 saturated heterocycles.